The summed E-state index contributed by atoms with van der Waals surface area (Å²) in [5, 5.41) is 8.50. The predicted molar refractivity (Wildman–Crippen MR) is 104 cm³/mol. The lowest BCUT2D eigenvalue weighted by Crippen LogP contribution is -2.08. The maximum absolute atomic E-state index is 14.2. The normalized spacial score (nSPS) is 13.8. The second kappa shape index (κ2) is 6.94. The highest BCUT2D eigenvalue weighted by molar-refractivity contribution is 5.57. The molecule has 0 aliphatic carbocycles. The zero-order valence-corrected chi connectivity index (χ0v) is 15.3. The van der Waals surface area contributed by atoms with Gasteiger partial charge in [-0.3, -0.25) is 0 Å². The third kappa shape index (κ3) is 3.12. The fourth-order valence-electron chi connectivity index (χ4n) is 3.66. The average Bonchev–Trinajstić information content (AvgIpc) is 2.81. The number of hydrogen-bond donors (Lipinski definition) is 1. The topological polar surface area (TPSA) is 29.9 Å². The zero-order valence-electron chi connectivity index (χ0n) is 15.3. The Bertz CT molecular complexity index is 943. The van der Waals surface area contributed by atoms with Gasteiger partial charge in [0, 0.05) is 18.5 Å². The molecular weight excluding hydrogens is 325 g/mol. The summed E-state index contributed by atoms with van der Waals surface area (Å²) in [4.78, 5) is 0. The van der Waals surface area contributed by atoms with E-state index in [0.717, 1.165) is 43.0 Å². The van der Waals surface area contributed by atoms with Gasteiger partial charge in [0.15, 0.2) is 0 Å². The van der Waals surface area contributed by atoms with Crippen LogP contribution in [0.2, 0.25) is 0 Å². The van der Waals surface area contributed by atoms with Crippen molar-refractivity contribution in [3.63, 3.8) is 0 Å². The van der Waals surface area contributed by atoms with Crippen LogP contribution >= 0.6 is 0 Å². The Morgan fingerprint density at radius 1 is 1.12 bits per heavy atom. The first-order valence-corrected chi connectivity index (χ1v) is 9.29. The van der Waals surface area contributed by atoms with E-state index in [1.165, 1.54) is 22.8 Å². The fraction of sp³-hybridized carbons (Fsp3) is 0.318. The van der Waals surface area contributed by atoms with Gasteiger partial charge in [0.05, 0.1) is 11.4 Å². The molecule has 4 heteroatoms. The summed E-state index contributed by atoms with van der Waals surface area (Å²) in [5.74, 6) is 0.909. The van der Waals surface area contributed by atoms with Crippen LogP contribution in [0, 0.1) is 19.7 Å². The molecular formula is C22H24FN3. The van der Waals surface area contributed by atoms with Crippen molar-refractivity contribution < 1.29 is 4.39 Å². The molecule has 0 unspecified atom stereocenters. The molecule has 0 radical (unpaired) electrons. The molecule has 134 valence electrons. The van der Waals surface area contributed by atoms with Crippen molar-refractivity contribution in [2.75, 3.05) is 11.9 Å². The molecule has 0 saturated carbocycles. The maximum Gasteiger partial charge on any atom is 0.133 e. The predicted octanol–water partition coefficient (Wildman–Crippen LogP) is 4.97. The third-order valence-electron chi connectivity index (χ3n) is 5.12. The van der Waals surface area contributed by atoms with E-state index in [1.54, 1.807) is 6.07 Å². The molecule has 0 saturated heterocycles. The molecule has 3 aromatic rings. The van der Waals surface area contributed by atoms with Crippen LogP contribution in [-0.4, -0.2) is 16.3 Å². The van der Waals surface area contributed by atoms with Crippen molar-refractivity contribution in [1.82, 2.24) is 9.78 Å². The van der Waals surface area contributed by atoms with E-state index in [4.69, 9.17) is 5.10 Å². The molecule has 0 spiro atoms. The first-order valence-electron chi connectivity index (χ1n) is 9.29. The minimum absolute atomic E-state index is 0.163. The van der Waals surface area contributed by atoms with Crippen molar-refractivity contribution in [3.8, 4) is 5.69 Å². The number of hydrogen-bond acceptors (Lipinski definition) is 2. The number of halogens is 1. The number of aryl methyl sites for hydroxylation is 2. The smallest absolute Gasteiger partial charge is 0.133 e. The minimum Gasteiger partial charge on any atom is -0.370 e. The first-order chi connectivity index (χ1) is 12.6. The second-order valence-corrected chi connectivity index (χ2v) is 7.13. The van der Waals surface area contributed by atoms with Crippen LogP contribution in [-0.2, 0) is 12.8 Å². The highest BCUT2D eigenvalue weighted by Crippen LogP contribution is 2.31. The molecule has 1 aromatic heterocycles. The number of nitrogens with one attached hydrogen (secondary N) is 1. The highest BCUT2D eigenvalue weighted by atomic mass is 19.1. The van der Waals surface area contributed by atoms with Gasteiger partial charge in [-0.2, -0.15) is 5.10 Å². The standard InChI is InChI=1S/C22H24FN3/c1-15-10-11-16(2)21(13-15)26-22-18(8-5-6-12-24-22)20(25-26)14-17-7-3-4-9-19(17)23/h3-4,7,9-11,13,24H,5-6,8,12,14H2,1-2H3. The molecule has 2 aromatic carbocycles. The Labute approximate surface area is 153 Å². The lowest BCUT2D eigenvalue weighted by molar-refractivity contribution is 0.612. The van der Waals surface area contributed by atoms with Gasteiger partial charge in [-0.25, -0.2) is 9.07 Å². The van der Waals surface area contributed by atoms with Crippen LogP contribution in [0.25, 0.3) is 5.69 Å². The third-order valence-corrected chi connectivity index (χ3v) is 5.12. The molecule has 4 rings (SSSR count). The van der Waals surface area contributed by atoms with Gasteiger partial charge < -0.3 is 5.32 Å². The van der Waals surface area contributed by atoms with Crippen LogP contribution in [0.15, 0.2) is 42.5 Å². The quantitative estimate of drug-likeness (QED) is 0.724. The van der Waals surface area contributed by atoms with Crippen molar-refractivity contribution in [1.29, 1.82) is 0 Å². The van der Waals surface area contributed by atoms with Gasteiger partial charge in [0.25, 0.3) is 0 Å². The molecule has 1 aliphatic heterocycles. The Kier molecular flexibility index (Phi) is 4.49. The van der Waals surface area contributed by atoms with Gasteiger partial charge in [-0.1, -0.05) is 30.3 Å². The summed E-state index contributed by atoms with van der Waals surface area (Å²) in [6.07, 6.45) is 3.77. The molecule has 2 heterocycles. The van der Waals surface area contributed by atoms with Crippen LogP contribution < -0.4 is 5.32 Å². The summed E-state index contributed by atoms with van der Waals surface area (Å²) in [6.45, 7) is 5.15. The van der Waals surface area contributed by atoms with Crippen LogP contribution in [0.4, 0.5) is 10.2 Å². The van der Waals surface area contributed by atoms with Gasteiger partial charge in [0.1, 0.15) is 11.6 Å². The van der Waals surface area contributed by atoms with Gasteiger partial charge in [-0.15, -0.1) is 0 Å². The zero-order chi connectivity index (χ0) is 18.1. The second-order valence-electron chi connectivity index (χ2n) is 7.13. The summed E-state index contributed by atoms with van der Waals surface area (Å²) in [5.41, 5.74) is 6.39. The summed E-state index contributed by atoms with van der Waals surface area (Å²) in [7, 11) is 0. The molecule has 0 fully saturated rings. The molecule has 1 aliphatic rings. The number of aromatic nitrogens is 2. The molecule has 0 atom stereocenters. The summed E-state index contributed by atoms with van der Waals surface area (Å²) < 4.78 is 16.2. The monoisotopic (exact) mass is 349 g/mol. The molecule has 0 bridgehead atoms. The maximum atomic E-state index is 14.2. The van der Waals surface area contributed by atoms with E-state index in [2.05, 4.69) is 37.4 Å². The van der Waals surface area contributed by atoms with E-state index >= 15 is 0 Å². The van der Waals surface area contributed by atoms with E-state index in [0.29, 0.717) is 12.0 Å². The number of anilines is 1. The number of benzene rings is 2. The Hall–Kier alpha value is -2.62. The number of nitrogens with zero attached hydrogens (tertiary/aromatic N) is 2. The fourth-order valence-corrected chi connectivity index (χ4v) is 3.66. The number of fused-ring (bicyclic) bond motifs is 1. The van der Waals surface area contributed by atoms with Crippen LogP contribution in [0.1, 0.15) is 40.8 Å². The van der Waals surface area contributed by atoms with Gasteiger partial charge >= 0.3 is 0 Å². The average molecular weight is 349 g/mol. The summed E-state index contributed by atoms with van der Waals surface area (Å²) in [6, 6.07) is 13.4. The molecule has 0 amide bonds. The van der Waals surface area contributed by atoms with E-state index < -0.39 is 0 Å². The Morgan fingerprint density at radius 2 is 1.96 bits per heavy atom. The van der Waals surface area contributed by atoms with Gasteiger partial charge in [-0.05, 0) is 61.9 Å². The highest BCUT2D eigenvalue weighted by Gasteiger charge is 2.22. The molecule has 3 nitrogen and oxygen atoms in total. The van der Waals surface area contributed by atoms with Crippen molar-refractivity contribution in [3.05, 3.63) is 76.2 Å². The van der Waals surface area contributed by atoms with Crippen molar-refractivity contribution in [2.24, 2.45) is 0 Å². The number of rotatable bonds is 3. The molecule has 26 heavy (non-hydrogen) atoms. The largest absolute Gasteiger partial charge is 0.370 e. The van der Waals surface area contributed by atoms with Gasteiger partial charge in [0.2, 0.25) is 0 Å². The van der Waals surface area contributed by atoms with Crippen LogP contribution in [0.5, 0.6) is 0 Å². The minimum atomic E-state index is -0.163. The first kappa shape index (κ1) is 16.8. The Morgan fingerprint density at radius 3 is 2.81 bits per heavy atom. The van der Waals surface area contributed by atoms with Crippen LogP contribution in [0.3, 0.4) is 0 Å². The van der Waals surface area contributed by atoms with E-state index in [1.807, 2.05) is 16.8 Å². The lowest BCUT2D eigenvalue weighted by Gasteiger charge is -2.12. The Balaban J connectivity index is 1.84. The van der Waals surface area contributed by atoms with Crippen molar-refractivity contribution >= 4 is 5.82 Å². The SMILES string of the molecule is Cc1ccc(C)c(-n2nc(Cc3ccccc3F)c3c2NCCCC3)c1. The lowest BCUT2D eigenvalue weighted by atomic mass is 10.0. The van der Waals surface area contributed by atoms with E-state index in [-0.39, 0.29) is 5.82 Å². The molecule has 1 N–H and O–H groups in total. The van der Waals surface area contributed by atoms with E-state index in [9.17, 15) is 4.39 Å². The summed E-state index contributed by atoms with van der Waals surface area (Å²) >= 11 is 0. The van der Waals surface area contributed by atoms with Crippen molar-refractivity contribution in [2.45, 2.75) is 39.5 Å².